The number of halogens is 3. The Kier molecular flexibility index (Phi) is 5.15. The van der Waals surface area contributed by atoms with E-state index in [1.54, 1.807) is 18.2 Å². The summed E-state index contributed by atoms with van der Waals surface area (Å²) in [5, 5.41) is 4.80. The summed E-state index contributed by atoms with van der Waals surface area (Å²) in [6.07, 6.45) is 0.342. The van der Waals surface area contributed by atoms with Crippen LogP contribution in [0.1, 0.15) is 37.7 Å². The van der Waals surface area contributed by atoms with E-state index in [2.05, 4.69) is 10.3 Å². The van der Waals surface area contributed by atoms with Crippen molar-refractivity contribution in [1.29, 1.82) is 0 Å². The van der Waals surface area contributed by atoms with Gasteiger partial charge in [-0.15, -0.1) is 0 Å². The molecule has 0 aliphatic heterocycles. The van der Waals surface area contributed by atoms with Gasteiger partial charge in [-0.25, -0.2) is 4.39 Å². The largest absolute Gasteiger partial charge is 0.352 e. The highest BCUT2D eigenvalue weighted by Gasteiger charge is 2.20. The lowest BCUT2D eigenvalue weighted by atomic mass is 10.0. The fraction of sp³-hybridized carbons (Fsp3) is 0.438. The first-order chi connectivity index (χ1) is 10.2. The second kappa shape index (κ2) is 6.57. The second-order valence-corrected chi connectivity index (χ2v) is 7.00. The molecule has 1 unspecified atom stereocenters. The molecule has 2 N–H and O–H groups in total. The number of fused-ring (bicyclic) bond motifs is 1. The Bertz CT molecular complexity index is 691. The molecule has 1 heterocycles. The zero-order chi connectivity index (χ0) is 16.5. The maximum atomic E-state index is 13.6. The number of rotatable bonds is 6. The monoisotopic (exact) mass is 344 g/mol. The molecule has 0 bridgehead atoms. The Morgan fingerprint density at radius 3 is 2.68 bits per heavy atom. The lowest BCUT2D eigenvalue weighted by Gasteiger charge is -2.20. The highest BCUT2D eigenvalue weighted by molar-refractivity contribution is 6.38. The van der Waals surface area contributed by atoms with E-state index in [0.717, 1.165) is 10.9 Å². The quantitative estimate of drug-likeness (QED) is 0.741. The average Bonchev–Trinajstić information content (AvgIpc) is 2.78. The third-order valence-electron chi connectivity index (χ3n) is 3.36. The number of hydrogen-bond acceptors (Lipinski definition) is 2. The summed E-state index contributed by atoms with van der Waals surface area (Å²) in [6, 6.07) is 4.98. The predicted molar refractivity (Wildman–Crippen MR) is 89.9 cm³/mol. The number of H-pyrrole nitrogens is 1. The van der Waals surface area contributed by atoms with Crippen LogP contribution in [0, 0.1) is 0 Å². The molecule has 1 atom stereocenters. The van der Waals surface area contributed by atoms with Gasteiger partial charge in [0.25, 0.3) is 0 Å². The second-order valence-electron chi connectivity index (χ2n) is 6.16. The molecule has 2 rings (SSSR count). The molecule has 1 aromatic heterocycles. The molecule has 6 heteroatoms. The van der Waals surface area contributed by atoms with Gasteiger partial charge in [0, 0.05) is 22.0 Å². The molecular weight excluding hydrogens is 326 g/mol. The van der Waals surface area contributed by atoms with Crippen LogP contribution in [-0.4, -0.2) is 29.0 Å². The molecule has 3 nitrogen and oxygen atoms in total. The number of carbonyl (C=O) groups is 1. The van der Waals surface area contributed by atoms with E-state index in [1.165, 1.54) is 13.8 Å². The number of benzene rings is 1. The summed E-state index contributed by atoms with van der Waals surface area (Å²) in [6.45, 7) is 5.04. The molecule has 0 aliphatic carbocycles. The van der Waals surface area contributed by atoms with Gasteiger partial charge in [-0.05, 0) is 45.4 Å². The van der Waals surface area contributed by atoms with Gasteiger partial charge >= 0.3 is 0 Å². The van der Waals surface area contributed by atoms with E-state index in [0.29, 0.717) is 22.2 Å². The minimum atomic E-state index is -1.26. The van der Waals surface area contributed by atoms with Gasteiger partial charge in [0.1, 0.15) is 5.67 Å². The molecule has 2 aromatic rings. The molecule has 0 amide bonds. The summed E-state index contributed by atoms with van der Waals surface area (Å²) in [5.41, 5.74) is -0.0851. The number of ketones is 1. The van der Waals surface area contributed by atoms with Gasteiger partial charge in [0.05, 0.1) is 17.3 Å². The topological polar surface area (TPSA) is 44.9 Å². The van der Waals surface area contributed by atoms with Crippen molar-refractivity contribution in [1.82, 2.24) is 10.3 Å². The number of aromatic nitrogens is 1. The Hall–Kier alpha value is -1.10. The van der Waals surface area contributed by atoms with E-state index >= 15 is 0 Å². The maximum Gasteiger partial charge on any atom is 0.192 e. The van der Waals surface area contributed by atoms with Crippen molar-refractivity contribution in [3.63, 3.8) is 0 Å². The number of nitrogens with one attached hydrogen (secondary N) is 2. The summed E-state index contributed by atoms with van der Waals surface area (Å²) in [4.78, 5) is 15.2. The van der Waals surface area contributed by atoms with Gasteiger partial charge in [-0.3, -0.25) is 4.79 Å². The molecule has 120 valence electrons. The van der Waals surface area contributed by atoms with Crippen molar-refractivity contribution in [3.8, 4) is 0 Å². The van der Waals surface area contributed by atoms with Crippen LogP contribution in [0.3, 0.4) is 0 Å². The third-order valence-corrected chi connectivity index (χ3v) is 3.89. The van der Waals surface area contributed by atoms with Crippen LogP contribution >= 0.6 is 23.2 Å². The highest BCUT2D eigenvalue weighted by Crippen LogP contribution is 2.28. The number of hydrogen-bond donors (Lipinski definition) is 2. The number of alkyl halides is 1. The summed E-state index contributed by atoms with van der Waals surface area (Å²) >= 11 is 12.0. The summed E-state index contributed by atoms with van der Waals surface area (Å²) < 4.78 is 13.6. The van der Waals surface area contributed by atoms with Crippen LogP contribution in [0.15, 0.2) is 18.2 Å². The molecule has 0 fully saturated rings. The van der Waals surface area contributed by atoms with Crippen molar-refractivity contribution in [2.75, 3.05) is 6.54 Å². The average molecular weight is 345 g/mol. The van der Waals surface area contributed by atoms with E-state index in [1.807, 2.05) is 6.92 Å². The van der Waals surface area contributed by atoms with Gasteiger partial charge in [0.15, 0.2) is 5.78 Å². The van der Waals surface area contributed by atoms with Crippen LogP contribution in [0.5, 0.6) is 0 Å². The van der Waals surface area contributed by atoms with Gasteiger partial charge in [-0.2, -0.15) is 0 Å². The minimum Gasteiger partial charge on any atom is -0.352 e. The lowest BCUT2D eigenvalue weighted by Crippen LogP contribution is -2.35. The molecule has 0 radical (unpaired) electrons. The molecule has 1 aromatic carbocycles. The van der Waals surface area contributed by atoms with E-state index in [9.17, 15) is 9.18 Å². The van der Waals surface area contributed by atoms with Crippen LogP contribution < -0.4 is 5.32 Å². The first-order valence-corrected chi connectivity index (χ1v) is 7.84. The molecule has 0 saturated carbocycles. The Morgan fingerprint density at radius 2 is 2.05 bits per heavy atom. The van der Waals surface area contributed by atoms with Crippen molar-refractivity contribution < 1.29 is 9.18 Å². The van der Waals surface area contributed by atoms with Crippen LogP contribution in [0.2, 0.25) is 10.0 Å². The minimum absolute atomic E-state index is 0.0913. The van der Waals surface area contributed by atoms with Crippen LogP contribution in [0.4, 0.5) is 4.39 Å². The molecular formula is C16H19Cl2FN2O. The van der Waals surface area contributed by atoms with Crippen molar-refractivity contribution in [3.05, 3.63) is 33.9 Å². The lowest BCUT2D eigenvalue weighted by molar-refractivity contribution is 0.0977. The maximum absolute atomic E-state index is 13.6. The summed E-state index contributed by atoms with van der Waals surface area (Å²) in [7, 11) is 0. The van der Waals surface area contributed by atoms with Gasteiger partial charge < -0.3 is 10.3 Å². The fourth-order valence-corrected chi connectivity index (χ4v) is 3.02. The van der Waals surface area contributed by atoms with E-state index < -0.39 is 5.67 Å². The number of carbonyl (C=O) groups excluding carboxylic acids is 1. The molecule has 0 aliphatic rings. The Balaban J connectivity index is 2.06. The number of Topliss-reactive ketones (excluding diaryl/α,β-unsaturated/α-hetero) is 1. The molecule has 0 spiro atoms. The standard InChI is InChI=1S/C16H19Cl2FN2O/c1-9(7-16(2,3)19)20-8-15(22)14-6-11-12(18)4-10(17)5-13(11)21-14/h4-6,9,20-21H,7-8H2,1-3H3. The van der Waals surface area contributed by atoms with Crippen molar-refractivity contribution in [2.45, 2.75) is 38.9 Å². The smallest absolute Gasteiger partial charge is 0.192 e. The zero-order valence-corrected chi connectivity index (χ0v) is 14.3. The van der Waals surface area contributed by atoms with Gasteiger partial charge in [-0.1, -0.05) is 23.2 Å². The Labute approximate surface area is 139 Å². The van der Waals surface area contributed by atoms with Crippen LogP contribution in [-0.2, 0) is 0 Å². The van der Waals surface area contributed by atoms with E-state index in [4.69, 9.17) is 23.2 Å². The van der Waals surface area contributed by atoms with Crippen molar-refractivity contribution >= 4 is 39.9 Å². The van der Waals surface area contributed by atoms with E-state index in [-0.39, 0.29) is 18.4 Å². The van der Waals surface area contributed by atoms with Crippen molar-refractivity contribution in [2.24, 2.45) is 0 Å². The third kappa shape index (κ3) is 4.45. The fourth-order valence-electron chi connectivity index (χ4n) is 2.47. The van der Waals surface area contributed by atoms with Gasteiger partial charge in [0.2, 0.25) is 0 Å². The SMILES string of the molecule is CC(CC(C)(C)F)NCC(=O)c1cc2c(Cl)cc(Cl)cc2[nH]1. The highest BCUT2D eigenvalue weighted by atomic mass is 35.5. The molecule has 22 heavy (non-hydrogen) atoms. The number of aromatic amines is 1. The van der Waals surface area contributed by atoms with Crippen LogP contribution in [0.25, 0.3) is 10.9 Å². The first kappa shape index (κ1) is 17.3. The first-order valence-electron chi connectivity index (χ1n) is 7.09. The Morgan fingerprint density at radius 1 is 1.36 bits per heavy atom. The predicted octanol–water partition coefficient (Wildman–Crippen LogP) is 4.77. The molecule has 0 saturated heterocycles. The summed E-state index contributed by atoms with van der Waals surface area (Å²) in [5.74, 6) is -0.105. The normalized spacial score (nSPS) is 13.5. The zero-order valence-electron chi connectivity index (χ0n) is 12.8.